The van der Waals surface area contributed by atoms with Crippen molar-refractivity contribution in [3.8, 4) is 0 Å². The highest BCUT2D eigenvalue weighted by molar-refractivity contribution is 5.00. The van der Waals surface area contributed by atoms with Crippen molar-refractivity contribution in [3.05, 3.63) is 0 Å². The molecule has 4 heterocycles. The molecule has 37 heavy (non-hydrogen) atoms. The summed E-state index contributed by atoms with van der Waals surface area (Å²) in [6.07, 6.45) is -3.87. The first kappa shape index (κ1) is 29.5. The fraction of sp³-hybridized carbons (Fsp3) is 1.00. The van der Waals surface area contributed by atoms with Crippen molar-refractivity contribution < 1.29 is 61.6 Å². The molecule has 216 valence electrons. The Bertz CT molecular complexity index is 706. The van der Waals surface area contributed by atoms with E-state index in [2.05, 4.69) is 0 Å². The molecule has 0 aliphatic carbocycles. The van der Waals surface area contributed by atoms with Crippen LogP contribution in [0.15, 0.2) is 0 Å². The highest BCUT2D eigenvalue weighted by Gasteiger charge is 2.60. The summed E-state index contributed by atoms with van der Waals surface area (Å²) in [4.78, 5) is 0. The Morgan fingerprint density at radius 3 is 2.03 bits per heavy atom. The lowest BCUT2D eigenvalue weighted by atomic mass is 9.99. The molecule has 0 N–H and O–H groups in total. The number of methoxy groups -OCH3 is 3. The molecule has 9 atom stereocenters. The fourth-order valence-corrected chi connectivity index (χ4v) is 5.09. The summed E-state index contributed by atoms with van der Waals surface area (Å²) < 4.78 is 75.7. The average molecular weight is 539 g/mol. The maximum Gasteiger partial charge on any atom is 0.190 e. The lowest BCUT2D eigenvalue weighted by Gasteiger charge is -2.42. The van der Waals surface area contributed by atoms with Crippen LogP contribution in [0.2, 0.25) is 0 Å². The fourth-order valence-electron chi connectivity index (χ4n) is 5.09. The monoisotopic (exact) mass is 538 g/mol. The van der Waals surface area contributed by atoms with Crippen LogP contribution in [0.25, 0.3) is 0 Å². The lowest BCUT2D eigenvalue weighted by Crippen LogP contribution is -2.57. The van der Waals surface area contributed by atoms with Gasteiger partial charge in [-0.2, -0.15) is 0 Å². The van der Waals surface area contributed by atoms with Crippen LogP contribution in [0.1, 0.15) is 34.1 Å². The van der Waals surface area contributed by atoms with Crippen molar-refractivity contribution >= 4 is 0 Å². The first-order chi connectivity index (χ1) is 17.7. The van der Waals surface area contributed by atoms with Crippen LogP contribution in [0.3, 0.4) is 0 Å². The van der Waals surface area contributed by atoms with Gasteiger partial charge in [-0.3, -0.25) is 0 Å². The van der Waals surface area contributed by atoms with E-state index in [1.54, 1.807) is 21.3 Å². The van der Waals surface area contributed by atoms with Crippen LogP contribution >= 0.6 is 0 Å². The molecule has 4 rings (SSSR count). The molecule has 0 radical (unpaired) electrons. The Balaban J connectivity index is 1.43. The third kappa shape index (κ3) is 7.37. The number of hydrogen-bond donors (Lipinski definition) is 0. The van der Waals surface area contributed by atoms with Crippen LogP contribution in [-0.4, -0.2) is 122 Å². The van der Waals surface area contributed by atoms with Gasteiger partial charge in [0.1, 0.15) is 57.0 Å². The van der Waals surface area contributed by atoms with Gasteiger partial charge in [0.15, 0.2) is 24.2 Å². The topological polar surface area (TPSA) is 120 Å². The van der Waals surface area contributed by atoms with Gasteiger partial charge in [-0.05, 0) is 27.7 Å². The Morgan fingerprint density at radius 2 is 1.30 bits per heavy atom. The van der Waals surface area contributed by atoms with Crippen molar-refractivity contribution in [2.45, 2.75) is 101 Å². The van der Waals surface area contributed by atoms with E-state index in [4.69, 9.17) is 61.6 Å². The third-order valence-corrected chi connectivity index (χ3v) is 6.44. The predicted molar refractivity (Wildman–Crippen MR) is 123 cm³/mol. The van der Waals surface area contributed by atoms with E-state index in [1.807, 2.05) is 27.7 Å². The van der Waals surface area contributed by atoms with Gasteiger partial charge in [-0.15, -0.1) is 0 Å². The van der Waals surface area contributed by atoms with Gasteiger partial charge in [0.2, 0.25) is 0 Å². The van der Waals surface area contributed by atoms with Crippen molar-refractivity contribution in [2.24, 2.45) is 0 Å². The minimum Gasteiger partial charge on any atom is -0.359 e. The molecule has 0 amide bonds. The molecule has 4 fully saturated rings. The van der Waals surface area contributed by atoms with Crippen LogP contribution in [0, 0.1) is 0 Å². The number of rotatable bonds is 13. The molecular weight excluding hydrogens is 496 g/mol. The summed E-state index contributed by atoms with van der Waals surface area (Å²) in [6, 6.07) is 0. The standard InChI is InChI=1S/C24H42O13/c1-23(2)34-19-16(33-22-21(20(19)35-23)36-24(3,4)37-22)10-29-17-8-14(30-12-26-6)18(31-13-27-7)15(32-17)9-28-11-25-5/h14-22H,8-13H2,1-7H3. The van der Waals surface area contributed by atoms with Gasteiger partial charge in [-0.25, -0.2) is 0 Å². The summed E-state index contributed by atoms with van der Waals surface area (Å²) in [7, 11) is 4.66. The minimum atomic E-state index is -0.795. The van der Waals surface area contributed by atoms with E-state index in [0.717, 1.165) is 0 Å². The largest absolute Gasteiger partial charge is 0.359 e. The molecule has 13 nitrogen and oxygen atoms in total. The molecule has 0 spiro atoms. The zero-order valence-corrected chi connectivity index (χ0v) is 22.7. The van der Waals surface area contributed by atoms with E-state index in [1.165, 1.54) is 0 Å². The predicted octanol–water partition coefficient (Wildman–Crippen LogP) is 1.11. The maximum absolute atomic E-state index is 6.25. The number of fused-ring (bicyclic) bond motifs is 3. The highest BCUT2D eigenvalue weighted by atomic mass is 16.9. The molecule has 0 aromatic rings. The first-order valence-corrected chi connectivity index (χ1v) is 12.6. The van der Waals surface area contributed by atoms with Gasteiger partial charge in [0.05, 0.1) is 19.3 Å². The van der Waals surface area contributed by atoms with Gasteiger partial charge in [-0.1, -0.05) is 0 Å². The normalized spacial score (nSPS) is 40.5. The summed E-state index contributed by atoms with van der Waals surface area (Å²) in [5, 5.41) is 0. The minimum absolute atomic E-state index is 0.0697. The van der Waals surface area contributed by atoms with Crippen LogP contribution < -0.4 is 0 Å². The quantitative estimate of drug-likeness (QED) is 0.246. The van der Waals surface area contributed by atoms with Crippen LogP contribution in [0.5, 0.6) is 0 Å². The molecule has 0 saturated carbocycles. The molecule has 0 aromatic heterocycles. The number of ether oxygens (including phenoxy) is 13. The Kier molecular flexibility index (Phi) is 10.2. The van der Waals surface area contributed by atoms with Gasteiger partial charge in [0.25, 0.3) is 0 Å². The Morgan fingerprint density at radius 1 is 0.649 bits per heavy atom. The molecule has 13 heteroatoms. The first-order valence-electron chi connectivity index (χ1n) is 12.6. The summed E-state index contributed by atoms with van der Waals surface area (Å²) in [5.74, 6) is -1.59. The van der Waals surface area contributed by atoms with Gasteiger partial charge < -0.3 is 61.6 Å². The van der Waals surface area contributed by atoms with Crippen molar-refractivity contribution in [1.82, 2.24) is 0 Å². The molecule has 4 aliphatic rings. The molecule has 4 aliphatic heterocycles. The second-order valence-electron chi connectivity index (χ2n) is 10.3. The SMILES string of the molecule is COCOCC1OC(OCC2OC3OC(C)(C)OC3C3OC(C)(C)OC23)CC(OCOC)C1OCOC. The van der Waals surface area contributed by atoms with E-state index in [-0.39, 0.29) is 39.7 Å². The van der Waals surface area contributed by atoms with Crippen LogP contribution in [0.4, 0.5) is 0 Å². The highest BCUT2D eigenvalue weighted by Crippen LogP contribution is 2.44. The molecule has 4 saturated heterocycles. The molecule has 9 unspecified atom stereocenters. The van der Waals surface area contributed by atoms with E-state index in [0.29, 0.717) is 6.42 Å². The van der Waals surface area contributed by atoms with E-state index >= 15 is 0 Å². The summed E-state index contributed by atoms with van der Waals surface area (Å²) in [6.45, 7) is 8.07. The molecule has 0 bridgehead atoms. The Hall–Kier alpha value is -0.520. The molecule has 0 aromatic carbocycles. The number of hydrogen-bond acceptors (Lipinski definition) is 13. The van der Waals surface area contributed by atoms with Crippen molar-refractivity contribution in [2.75, 3.05) is 54.9 Å². The molecular formula is C24H42O13. The Labute approximate surface area is 218 Å². The zero-order chi connectivity index (χ0) is 26.6. The van der Waals surface area contributed by atoms with Crippen molar-refractivity contribution in [1.29, 1.82) is 0 Å². The maximum atomic E-state index is 6.25. The third-order valence-electron chi connectivity index (χ3n) is 6.44. The second-order valence-corrected chi connectivity index (χ2v) is 10.3. The lowest BCUT2D eigenvalue weighted by molar-refractivity contribution is -0.306. The van der Waals surface area contributed by atoms with Crippen LogP contribution in [-0.2, 0) is 61.6 Å². The van der Waals surface area contributed by atoms with Gasteiger partial charge >= 0.3 is 0 Å². The summed E-state index contributed by atoms with van der Waals surface area (Å²) in [5.41, 5.74) is 0. The average Bonchev–Trinajstić information content (AvgIpc) is 3.34. The van der Waals surface area contributed by atoms with E-state index < -0.39 is 60.8 Å². The smallest absolute Gasteiger partial charge is 0.190 e. The van der Waals surface area contributed by atoms with Crippen molar-refractivity contribution in [3.63, 3.8) is 0 Å². The van der Waals surface area contributed by atoms with Gasteiger partial charge in [0, 0.05) is 27.8 Å². The van der Waals surface area contributed by atoms with E-state index in [9.17, 15) is 0 Å². The zero-order valence-electron chi connectivity index (χ0n) is 22.7. The second kappa shape index (κ2) is 12.8. The summed E-state index contributed by atoms with van der Waals surface area (Å²) >= 11 is 0.